The molecule has 12 heavy (non-hydrogen) atoms. The smallest absolute Gasteiger partial charge is 0.243 e. The first-order chi connectivity index (χ1) is 5.25. The van der Waals surface area contributed by atoms with E-state index in [1.54, 1.807) is 6.08 Å². The number of amides is 2. The maximum Gasteiger partial charge on any atom is 0.243 e. The molecule has 0 spiro atoms. The van der Waals surface area contributed by atoms with Gasteiger partial charge in [0.05, 0.1) is 13.1 Å². The quantitative estimate of drug-likeness (QED) is 0.474. The van der Waals surface area contributed by atoms with Crippen LogP contribution in [0.1, 0.15) is 0 Å². The highest BCUT2D eigenvalue weighted by Gasteiger charge is 2.23. The van der Waals surface area contributed by atoms with Crippen molar-refractivity contribution in [3.8, 4) is 0 Å². The number of nitrogens with one attached hydrogen (secondary N) is 1. The van der Waals surface area contributed by atoms with Crippen LogP contribution in [0.5, 0.6) is 0 Å². The standard InChI is InChI=1S/C7H10N2O2.ClH/c1-2-3-9-6(10)4-8-5-7(9)11;/h2,8H,1,3-5H2;1H. The molecular weight excluding hydrogens is 180 g/mol. The van der Waals surface area contributed by atoms with Crippen molar-refractivity contribution in [2.24, 2.45) is 0 Å². The Balaban J connectivity index is 0.00000121. The van der Waals surface area contributed by atoms with E-state index in [-0.39, 0.29) is 37.3 Å². The van der Waals surface area contributed by atoms with Gasteiger partial charge >= 0.3 is 0 Å². The zero-order chi connectivity index (χ0) is 8.27. The van der Waals surface area contributed by atoms with Gasteiger partial charge in [-0.3, -0.25) is 19.8 Å². The maximum absolute atomic E-state index is 11.0. The van der Waals surface area contributed by atoms with E-state index in [1.165, 1.54) is 4.90 Å². The van der Waals surface area contributed by atoms with Gasteiger partial charge in [-0.05, 0) is 0 Å². The molecule has 1 fully saturated rings. The van der Waals surface area contributed by atoms with E-state index in [0.29, 0.717) is 6.54 Å². The van der Waals surface area contributed by atoms with Crippen molar-refractivity contribution in [2.45, 2.75) is 0 Å². The summed E-state index contributed by atoms with van der Waals surface area (Å²) in [5, 5.41) is 2.70. The summed E-state index contributed by atoms with van der Waals surface area (Å²) in [6.07, 6.45) is 1.54. The average Bonchev–Trinajstić information content (AvgIpc) is 1.97. The molecule has 0 bridgehead atoms. The summed E-state index contributed by atoms with van der Waals surface area (Å²) in [6.45, 7) is 4.28. The Kier molecular flexibility index (Phi) is 4.54. The van der Waals surface area contributed by atoms with Crippen molar-refractivity contribution in [2.75, 3.05) is 19.6 Å². The predicted octanol–water partition coefficient (Wildman–Crippen LogP) is -0.447. The van der Waals surface area contributed by atoms with Gasteiger partial charge in [-0.25, -0.2) is 0 Å². The lowest BCUT2D eigenvalue weighted by Crippen LogP contribution is -2.51. The molecule has 0 radical (unpaired) electrons. The lowest BCUT2D eigenvalue weighted by molar-refractivity contribution is -0.145. The second kappa shape index (κ2) is 4.90. The molecule has 0 aliphatic carbocycles. The molecular formula is C7H11ClN2O2. The molecule has 1 rings (SSSR count). The van der Waals surface area contributed by atoms with Gasteiger partial charge in [0.25, 0.3) is 0 Å². The fraction of sp³-hybridized carbons (Fsp3) is 0.429. The number of imide groups is 1. The largest absolute Gasteiger partial charge is 0.300 e. The van der Waals surface area contributed by atoms with Crippen LogP contribution in [0.15, 0.2) is 12.7 Å². The molecule has 68 valence electrons. The molecule has 1 heterocycles. The number of hydrogen-bond acceptors (Lipinski definition) is 3. The van der Waals surface area contributed by atoms with Crippen LogP contribution in [0.3, 0.4) is 0 Å². The molecule has 1 N–H and O–H groups in total. The Bertz CT molecular complexity index is 190. The van der Waals surface area contributed by atoms with Crippen molar-refractivity contribution in [3.05, 3.63) is 12.7 Å². The topological polar surface area (TPSA) is 49.4 Å². The summed E-state index contributed by atoms with van der Waals surface area (Å²) >= 11 is 0. The number of hydrogen-bond donors (Lipinski definition) is 1. The van der Waals surface area contributed by atoms with Crippen LogP contribution in [0.4, 0.5) is 0 Å². The van der Waals surface area contributed by atoms with Crippen LogP contribution in [0.2, 0.25) is 0 Å². The molecule has 0 unspecified atom stereocenters. The first-order valence-corrected chi connectivity index (χ1v) is 3.40. The molecule has 0 aromatic rings. The zero-order valence-corrected chi connectivity index (χ0v) is 7.39. The van der Waals surface area contributed by atoms with Gasteiger partial charge in [-0.1, -0.05) is 6.08 Å². The van der Waals surface area contributed by atoms with Gasteiger partial charge in [0.1, 0.15) is 0 Å². The lowest BCUT2D eigenvalue weighted by Gasteiger charge is -2.23. The van der Waals surface area contributed by atoms with Gasteiger partial charge in [0.2, 0.25) is 11.8 Å². The van der Waals surface area contributed by atoms with E-state index in [4.69, 9.17) is 0 Å². The minimum Gasteiger partial charge on any atom is -0.300 e. The normalized spacial score (nSPS) is 17.2. The van der Waals surface area contributed by atoms with Crippen molar-refractivity contribution in [1.82, 2.24) is 10.2 Å². The summed E-state index contributed by atoms with van der Waals surface area (Å²) in [7, 11) is 0. The minimum absolute atomic E-state index is 0. The molecule has 0 saturated carbocycles. The summed E-state index contributed by atoms with van der Waals surface area (Å²) in [5.41, 5.74) is 0. The molecule has 2 amide bonds. The van der Waals surface area contributed by atoms with E-state index in [0.717, 1.165) is 0 Å². The molecule has 0 aromatic carbocycles. The van der Waals surface area contributed by atoms with Gasteiger partial charge in [-0.2, -0.15) is 0 Å². The molecule has 1 saturated heterocycles. The van der Waals surface area contributed by atoms with Gasteiger partial charge in [-0.15, -0.1) is 19.0 Å². The third-order valence-electron chi connectivity index (χ3n) is 1.47. The predicted molar refractivity (Wildman–Crippen MR) is 47.0 cm³/mol. The number of nitrogens with zero attached hydrogens (tertiary/aromatic N) is 1. The Hall–Kier alpha value is -0.870. The Morgan fingerprint density at radius 2 is 1.92 bits per heavy atom. The summed E-state index contributed by atoms with van der Waals surface area (Å²) < 4.78 is 0. The number of piperazine rings is 1. The van der Waals surface area contributed by atoms with Crippen LogP contribution < -0.4 is 5.32 Å². The first-order valence-electron chi connectivity index (χ1n) is 3.40. The molecule has 4 nitrogen and oxygen atoms in total. The van der Waals surface area contributed by atoms with Crippen LogP contribution in [-0.2, 0) is 9.59 Å². The lowest BCUT2D eigenvalue weighted by atomic mass is 10.3. The van der Waals surface area contributed by atoms with Crippen LogP contribution >= 0.6 is 12.4 Å². The van der Waals surface area contributed by atoms with Crippen molar-refractivity contribution in [1.29, 1.82) is 0 Å². The number of carbonyl (C=O) groups is 2. The highest BCUT2D eigenvalue weighted by Crippen LogP contribution is 1.95. The molecule has 1 aliphatic rings. The van der Waals surface area contributed by atoms with Gasteiger partial charge < -0.3 is 0 Å². The Labute approximate surface area is 77.0 Å². The SMILES string of the molecule is C=CCN1C(=O)CNCC1=O.Cl. The Morgan fingerprint density at radius 3 is 2.33 bits per heavy atom. The van der Waals surface area contributed by atoms with E-state index in [9.17, 15) is 9.59 Å². The summed E-state index contributed by atoms with van der Waals surface area (Å²) in [6, 6.07) is 0. The minimum atomic E-state index is -0.179. The van der Waals surface area contributed by atoms with Crippen molar-refractivity contribution < 1.29 is 9.59 Å². The second-order valence-corrected chi connectivity index (χ2v) is 2.29. The molecule has 0 atom stereocenters. The highest BCUT2D eigenvalue weighted by atomic mass is 35.5. The molecule has 1 aliphatic heterocycles. The third-order valence-corrected chi connectivity index (χ3v) is 1.47. The average molecular weight is 191 g/mol. The van der Waals surface area contributed by atoms with Crippen LogP contribution in [0, 0.1) is 0 Å². The number of carbonyl (C=O) groups excluding carboxylic acids is 2. The second-order valence-electron chi connectivity index (χ2n) is 2.29. The fourth-order valence-electron chi connectivity index (χ4n) is 0.939. The van der Waals surface area contributed by atoms with Crippen molar-refractivity contribution >= 4 is 24.2 Å². The monoisotopic (exact) mass is 190 g/mol. The maximum atomic E-state index is 11.0. The first kappa shape index (κ1) is 11.1. The van der Waals surface area contributed by atoms with Crippen LogP contribution in [0.25, 0.3) is 0 Å². The molecule has 0 aromatic heterocycles. The fourth-order valence-corrected chi connectivity index (χ4v) is 0.939. The van der Waals surface area contributed by atoms with Crippen molar-refractivity contribution in [3.63, 3.8) is 0 Å². The number of rotatable bonds is 2. The highest BCUT2D eigenvalue weighted by molar-refractivity contribution is 5.99. The summed E-state index contributed by atoms with van der Waals surface area (Å²) in [5.74, 6) is -0.359. The molecule has 5 heteroatoms. The summed E-state index contributed by atoms with van der Waals surface area (Å²) in [4.78, 5) is 23.2. The van der Waals surface area contributed by atoms with E-state index >= 15 is 0 Å². The van der Waals surface area contributed by atoms with Crippen LogP contribution in [-0.4, -0.2) is 36.3 Å². The van der Waals surface area contributed by atoms with E-state index < -0.39 is 0 Å². The zero-order valence-electron chi connectivity index (χ0n) is 6.58. The van der Waals surface area contributed by atoms with E-state index in [2.05, 4.69) is 11.9 Å². The van der Waals surface area contributed by atoms with Gasteiger partial charge in [0.15, 0.2) is 0 Å². The third kappa shape index (κ3) is 2.32. The number of halogens is 1. The van der Waals surface area contributed by atoms with E-state index in [1.807, 2.05) is 0 Å². The Morgan fingerprint density at radius 1 is 1.42 bits per heavy atom. The van der Waals surface area contributed by atoms with Gasteiger partial charge in [0, 0.05) is 6.54 Å².